The first-order valence-corrected chi connectivity index (χ1v) is 6.72. The lowest BCUT2D eigenvalue weighted by Gasteiger charge is -2.07. The molecule has 0 saturated heterocycles. The maximum Gasteiger partial charge on any atom is 0.183 e. The molecule has 1 N–H and O–H groups in total. The van der Waals surface area contributed by atoms with E-state index < -0.39 is 17.5 Å². The summed E-state index contributed by atoms with van der Waals surface area (Å²) < 4.78 is 42.8. The Morgan fingerprint density at radius 2 is 1.85 bits per heavy atom. The number of halogens is 4. The van der Waals surface area contributed by atoms with Gasteiger partial charge in [0.05, 0.1) is 16.7 Å². The van der Waals surface area contributed by atoms with E-state index in [1.807, 2.05) is 0 Å². The zero-order chi connectivity index (χ0) is 14.4. The second-order valence-electron chi connectivity index (χ2n) is 4.15. The number of nitrogens with zero attached hydrogens (tertiary/aromatic N) is 1. The SMILES string of the molecule is Fc1cc(F)c(F)c(-n2c(=S)[nH]c3ccc(Br)cc32)c1. The van der Waals surface area contributed by atoms with Crippen molar-refractivity contribution >= 4 is 39.2 Å². The van der Waals surface area contributed by atoms with Crippen LogP contribution >= 0.6 is 28.1 Å². The molecule has 20 heavy (non-hydrogen) atoms. The molecule has 0 fully saturated rings. The number of nitrogens with one attached hydrogen (secondary N) is 1. The summed E-state index contributed by atoms with van der Waals surface area (Å²) in [5.41, 5.74) is 0.896. The highest BCUT2D eigenvalue weighted by molar-refractivity contribution is 9.10. The minimum Gasteiger partial charge on any atom is -0.330 e. The monoisotopic (exact) mass is 358 g/mol. The molecule has 0 amide bonds. The van der Waals surface area contributed by atoms with Crippen LogP contribution in [-0.4, -0.2) is 9.55 Å². The number of benzene rings is 2. The van der Waals surface area contributed by atoms with Crippen molar-refractivity contribution in [1.82, 2.24) is 9.55 Å². The maximum absolute atomic E-state index is 13.9. The summed E-state index contributed by atoms with van der Waals surface area (Å²) in [5, 5.41) is 0. The average molecular weight is 359 g/mol. The van der Waals surface area contributed by atoms with Crippen molar-refractivity contribution in [2.45, 2.75) is 0 Å². The van der Waals surface area contributed by atoms with E-state index in [4.69, 9.17) is 12.2 Å². The van der Waals surface area contributed by atoms with Crippen molar-refractivity contribution in [3.8, 4) is 5.69 Å². The Balaban J connectivity index is 2.43. The highest BCUT2D eigenvalue weighted by atomic mass is 79.9. The van der Waals surface area contributed by atoms with Crippen LogP contribution in [0.25, 0.3) is 16.7 Å². The zero-order valence-corrected chi connectivity index (χ0v) is 12.2. The normalized spacial score (nSPS) is 11.2. The molecule has 0 saturated carbocycles. The summed E-state index contributed by atoms with van der Waals surface area (Å²) in [5.74, 6) is -3.28. The molecule has 0 unspecified atom stereocenters. The highest BCUT2D eigenvalue weighted by Crippen LogP contribution is 2.26. The molecular weight excluding hydrogens is 353 g/mol. The molecule has 1 heterocycles. The Hall–Kier alpha value is -1.60. The van der Waals surface area contributed by atoms with Crippen LogP contribution < -0.4 is 0 Å². The van der Waals surface area contributed by atoms with Crippen LogP contribution in [0.4, 0.5) is 13.2 Å². The first-order chi connectivity index (χ1) is 9.47. The molecule has 2 nitrogen and oxygen atoms in total. The standard InChI is InChI=1S/C13H6BrF3N2S/c14-6-1-2-9-10(3-6)19(13(20)18-9)11-5-7(15)4-8(16)12(11)17/h1-5H,(H,18,20). The topological polar surface area (TPSA) is 20.7 Å². The van der Waals surface area contributed by atoms with Gasteiger partial charge in [-0.1, -0.05) is 15.9 Å². The molecule has 2 aromatic carbocycles. The van der Waals surface area contributed by atoms with Crippen LogP contribution in [0, 0.1) is 22.2 Å². The third-order valence-electron chi connectivity index (χ3n) is 2.86. The van der Waals surface area contributed by atoms with E-state index >= 15 is 0 Å². The van der Waals surface area contributed by atoms with Gasteiger partial charge in [0.2, 0.25) is 0 Å². The van der Waals surface area contributed by atoms with E-state index in [-0.39, 0.29) is 10.5 Å². The van der Waals surface area contributed by atoms with Gasteiger partial charge in [-0.05, 0) is 30.4 Å². The van der Waals surface area contributed by atoms with Crippen molar-refractivity contribution in [2.75, 3.05) is 0 Å². The Labute approximate surface area is 125 Å². The molecule has 7 heteroatoms. The first-order valence-electron chi connectivity index (χ1n) is 5.52. The van der Waals surface area contributed by atoms with Crippen LogP contribution in [0.3, 0.4) is 0 Å². The van der Waals surface area contributed by atoms with Crippen LogP contribution in [0.1, 0.15) is 0 Å². The van der Waals surface area contributed by atoms with E-state index in [2.05, 4.69) is 20.9 Å². The number of aromatic amines is 1. The number of imidazole rings is 1. The van der Waals surface area contributed by atoms with Crippen molar-refractivity contribution in [3.05, 3.63) is 57.0 Å². The molecule has 3 aromatic rings. The number of fused-ring (bicyclic) bond motifs is 1. The van der Waals surface area contributed by atoms with Gasteiger partial charge in [0, 0.05) is 16.6 Å². The van der Waals surface area contributed by atoms with Crippen molar-refractivity contribution in [3.63, 3.8) is 0 Å². The minimum absolute atomic E-state index is 0.155. The molecule has 0 atom stereocenters. The van der Waals surface area contributed by atoms with Gasteiger partial charge >= 0.3 is 0 Å². The summed E-state index contributed by atoms with van der Waals surface area (Å²) in [7, 11) is 0. The molecule has 0 radical (unpaired) electrons. The largest absolute Gasteiger partial charge is 0.330 e. The van der Waals surface area contributed by atoms with E-state index in [9.17, 15) is 13.2 Å². The van der Waals surface area contributed by atoms with Gasteiger partial charge in [0.1, 0.15) is 5.82 Å². The lowest BCUT2D eigenvalue weighted by Crippen LogP contribution is -2.01. The van der Waals surface area contributed by atoms with Crippen molar-refractivity contribution in [1.29, 1.82) is 0 Å². The van der Waals surface area contributed by atoms with Gasteiger partial charge in [-0.3, -0.25) is 4.57 Å². The second-order valence-corrected chi connectivity index (χ2v) is 5.45. The maximum atomic E-state index is 13.9. The van der Waals surface area contributed by atoms with Gasteiger partial charge in [0.15, 0.2) is 16.4 Å². The van der Waals surface area contributed by atoms with Gasteiger partial charge in [-0.25, -0.2) is 13.2 Å². The van der Waals surface area contributed by atoms with Gasteiger partial charge < -0.3 is 4.98 Å². The summed E-state index contributed by atoms with van der Waals surface area (Å²) in [6, 6.07) is 6.60. The lowest BCUT2D eigenvalue weighted by atomic mass is 10.2. The van der Waals surface area contributed by atoms with Crippen LogP contribution in [0.5, 0.6) is 0 Å². The molecule has 3 rings (SSSR count). The Morgan fingerprint density at radius 1 is 1.10 bits per heavy atom. The molecular formula is C13H6BrF3N2S. The Bertz CT molecular complexity index is 885. The molecule has 0 aliphatic carbocycles. The second kappa shape index (κ2) is 4.75. The number of hydrogen-bond donors (Lipinski definition) is 1. The molecule has 102 valence electrons. The average Bonchev–Trinajstić information content (AvgIpc) is 2.69. The molecule has 1 aromatic heterocycles. The number of rotatable bonds is 1. The highest BCUT2D eigenvalue weighted by Gasteiger charge is 2.16. The Kier molecular flexibility index (Phi) is 3.18. The van der Waals surface area contributed by atoms with E-state index in [1.54, 1.807) is 18.2 Å². The first kappa shape index (κ1) is 13.4. The smallest absolute Gasteiger partial charge is 0.183 e. The predicted molar refractivity (Wildman–Crippen MR) is 76.0 cm³/mol. The fourth-order valence-corrected chi connectivity index (χ4v) is 2.68. The van der Waals surface area contributed by atoms with Gasteiger partial charge in [0.25, 0.3) is 0 Å². The van der Waals surface area contributed by atoms with Crippen LogP contribution in [0.15, 0.2) is 34.8 Å². The van der Waals surface area contributed by atoms with Crippen LogP contribution in [-0.2, 0) is 0 Å². The predicted octanol–water partition coefficient (Wildman–Crippen LogP) is 4.87. The minimum atomic E-state index is -1.26. The fourth-order valence-electron chi connectivity index (χ4n) is 2.02. The third kappa shape index (κ3) is 2.06. The number of H-pyrrole nitrogens is 1. The molecule has 0 spiro atoms. The number of hydrogen-bond acceptors (Lipinski definition) is 1. The Morgan fingerprint density at radius 3 is 2.60 bits per heavy atom. The van der Waals surface area contributed by atoms with E-state index in [0.717, 1.165) is 10.5 Å². The zero-order valence-electron chi connectivity index (χ0n) is 9.75. The lowest BCUT2D eigenvalue weighted by molar-refractivity contribution is 0.491. The summed E-state index contributed by atoms with van der Waals surface area (Å²) >= 11 is 8.40. The molecule has 0 aliphatic rings. The molecule has 0 bridgehead atoms. The van der Waals surface area contributed by atoms with Crippen LogP contribution in [0.2, 0.25) is 0 Å². The summed E-state index contributed by atoms with van der Waals surface area (Å²) in [4.78, 5) is 2.86. The van der Waals surface area contributed by atoms with Crippen molar-refractivity contribution in [2.24, 2.45) is 0 Å². The number of aromatic nitrogens is 2. The van der Waals surface area contributed by atoms with E-state index in [1.165, 1.54) is 4.57 Å². The van der Waals surface area contributed by atoms with Crippen molar-refractivity contribution < 1.29 is 13.2 Å². The van der Waals surface area contributed by atoms with Gasteiger partial charge in [-0.15, -0.1) is 0 Å². The quantitative estimate of drug-likeness (QED) is 0.486. The fraction of sp³-hybridized carbons (Fsp3) is 0. The summed E-state index contributed by atoms with van der Waals surface area (Å²) in [6.45, 7) is 0. The van der Waals surface area contributed by atoms with E-state index in [0.29, 0.717) is 17.1 Å². The summed E-state index contributed by atoms with van der Waals surface area (Å²) in [6.07, 6.45) is 0. The van der Waals surface area contributed by atoms with Gasteiger partial charge in [-0.2, -0.15) is 0 Å². The third-order valence-corrected chi connectivity index (χ3v) is 3.64. The molecule has 0 aliphatic heterocycles.